The fraction of sp³-hybridized carbons (Fsp3) is 0. The normalized spacial score (nSPS) is 8.46. The van der Waals surface area contributed by atoms with Crippen LogP contribution in [0.25, 0.3) is 0 Å². The largest absolute Gasteiger partial charge is 0.313 e. The lowest BCUT2D eigenvalue weighted by molar-refractivity contribution is -0.111. The van der Waals surface area contributed by atoms with Gasteiger partial charge in [0.1, 0.15) is 4.60 Å². The summed E-state index contributed by atoms with van der Waals surface area (Å²) in [7, 11) is 0. The van der Waals surface area contributed by atoms with Crippen molar-refractivity contribution in [2.75, 3.05) is 5.32 Å². The maximum atomic E-state index is 11.0. The van der Waals surface area contributed by atoms with Crippen LogP contribution in [0.5, 0.6) is 0 Å². The smallest absolute Gasteiger partial charge is 0.301 e. The van der Waals surface area contributed by atoms with Crippen LogP contribution in [0, 0.1) is 10.8 Å². The van der Waals surface area contributed by atoms with Gasteiger partial charge in [0.15, 0.2) is 0 Å². The maximum Gasteiger partial charge on any atom is 0.301 e. The molecule has 0 aromatic carbocycles. The average Bonchev–Trinajstić information content (AvgIpc) is 2.09. The Morgan fingerprint density at radius 1 is 1.62 bits per heavy atom. The molecular weight excluding hydrogens is 300 g/mol. The number of hydrogen-bond donors (Lipinski definition) is 1. The molecule has 0 aliphatic carbocycles. The molecule has 0 bridgehead atoms. The highest BCUT2D eigenvalue weighted by molar-refractivity contribution is 9.12. The Kier molecular flexibility index (Phi) is 3.93. The minimum Gasteiger partial charge on any atom is -0.313 e. The molecule has 13 heavy (non-hydrogen) atoms. The number of pyridine rings is 1. The number of aromatic nitrogens is 1. The third-order valence-corrected chi connectivity index (χ3v) is 2.00. The summed E-state index contributed by atoms with van der Waals surface area (Å²) in [5.41, 5.74) is 0.600. The second-order valence-electron chi connectivity index (χ2n) is 2.02. The van der Waals surface area contributed by atoms with Gasteiger partial charge < -0.3 is 5.32 Å². The number of rotatable bonds is 1. The molecule has 1 heterocycles. The lowest BCUT2D eigenvalue weighted by Gasteiger charge is -2.01. The number of anilines is 1. The maximum absolute atomic E-state index is 11.0. The van der Waals surface area contributed by atoms with Crippen LogP contribution < -0.4 is 5.32 Å². The first-order valence-corrected chi connectivity index (χ1v) is 4.86. The van der Waals surface area contributed by atoms with E-state index in [-0.39, 0.29) is 5.91 Å². The molecule has 0 aliphatic rings. The highest BCUT2D eigenvalue weighted by Gasteiger charge is 2.01. The molecular formula is C8H4Br2N2O. The third kappa shape index (κ3) is 3.17. The van der Waals surface area contributed by atoms with Crippen LogP contribution in [-0.2, 0) is 4.79 Å². The summed E-state index contributed by atoms with van der Waals surface area (Å²) in [5, 5.41) is 2.56. The van der Waals surface area contributed by atoms with Crippen molar-refractivity contribution < 1.29 is 4.79 Å². The number of carbonyl (C=O) groups excluding carboxylic acids is 1. The number of nitrogens with one attached hydrogen (secondary N) is 1. The van der Waals surface area contributed by atoms with Gasteiger partial charge in [-0.1, -0.05) is 0 Å². The highest BCUT2D eigenvalue weighted by Crippen LogP contribution is 2.17. The molecule has 0 radical (unpaired) electrons. The van der Waals surface area contributed by atoms with Crippen LogP contribution in [0.3, 0.4) is 0 Å². The van der Waals surface area contributed by atoms with Crippen molar-refractivity contribution >= 4 is 43.5 Å². The van der Waals surface area contributed by atoms with Crippen molar-refractivity contribution in [3.05, 3.63) is 22.9 Å². The van der Waals surface area contributed by atoms with Crippen molar-refractivity contribution in [1.29, 1.82) is 0 Å². The standard InChI is InChI=1S/C8H4Br2N2O/c9-4-3-7(13)12-6-2-1-5-11-8(6)10/h1-2,5H,(H,12,13). The number of amides is 1. The van der Waals surface area contributed by atoms with Gasteiger partial charge in [0.05, 0.1) is 5.69 Å². The molecule has 1 aromatic rings. The molecule has 0 spiro atoms. The first kappa shape index (κ1) is 10.2. The van der Waals surface area contributed by atoms with Crippen LogP contribution in [0.2, 0.25) is 0 Å². The fourth-order valence-corrected chi connectivity index (χ4v) is 1.21. The molecule has 3 nitrogen and oxygen atoms in total. The van der Waals surface area contributed by atoms with Crippen LogP contribution in [0.4, 0.5) is 5.69 Å². The summed E-state index contributed by atoms with van der Waals surface area (Å²) in [6, 6.07) is 3.45. The highest BCUT2D eigenvalue weighted by atomic mass is 79.9. The molecule has 0 unspecified atom stereocenters. The number of halogens is 2. The Morgan fingerprint density at radius 2 is 2.38 bits per heavy atom. The van der Waals surface area contributed by atoms with E-state index in [0.717, 1.165) is 0 Å². The molecule has 0 aliphatic heterocycles. The van der Waals surface area contributed by atoms with E-state index in [9.17, 15) is 4.79 Å². The Balaban J connectivity index is 2.78. The molecule has 0 saturated carbocycles. The summed E-state index contributed by atoms with van der Waals surface area (Å²) >= 11 is 6.02. The van der Waals surface area contributed by atoms with Crippen molar-refractivity contribution in [2.45, 2.75) is 0 Å². The monoisotopic (exact) mass is 302 g/mol. The Bertz CT molecular complexity index is 381. The van der Waals surface area contributed by atoms with Gasteiger partial charge in [-0.25, -0.2) is 4.98 Å². The Labute approximate surface area is 92.2 Å². The van der Waals surface area contributed by atoms with Crippen molar-refractivity contribution in [3.63, 3.8) is 0 Å². The number of nitrogens with zero attached hydrogens (tertiary/aromatic N) is 1. The van der Waals surface area contributed by atoms with Gasteiger partial charge >= 0.3 is 5.91 Å². The van der Waals surface area contributed by atoms with Crippen LogP contribution in [0.15, 0.2) is 22.9 Å². The summed E-state index contributed by atoms with van der Waals surface area (Å²) in [6.45, 7) is 0. The quantitative estimate of drug-likeness (QED) is 0.638. The molecule has 0 fully saturated rings. The van der Waals surface area contributed by atoms with Gasteiger partial charge in [-0.3, -0.25) is 4.79 Å². The van der Waals surface area contributed by atoms with E-state index >= 15 is 0 Å². The molecule has 1 amide bonds. The molecule has 1 rings (SSSR count). The second kappa shape index (κ2) is 5.00. The van der Waals surface area contributed by atoms with Gasteiger partial charge in [0, 0.05) is 28.0 Å². The minimum atomic E-state index is -0.384. The lowest BCUT2D eigenvalue weighted by atomic mass is 10.4. The molecule has 0 saturated heterocycles. The van der Waals surface area contributed by atoms with Gasteiger partial charge in [-0.05, 0) is 32.9 Å². The fourth-order valence-electron chi connectivity index (χ4n) is 0.676. The minimum absolute atomic E-state index is 0.384. The van der Waals surface area contributed by atoms with Crippen molar-refractivity contribution in [2.24, 2.45) is 0 Å². The van der Waals surface area contributed by atoms with Crippen LogP contribution in [0.1, 0.15) is 0 Å². The van der Waals surface area contributed by atoms with Gasteiger partial charge in [0.2, 0.25) is 0 Å². The molecule has 66 valence electrons. The third-order valence-electron chi connectivity index (χ3n) is 1.17. The van der Waals surface area contributed by atoms with E-state index in [1.54, 1.807) is 18.3 Å². The van der Waals surface area contributed by atoms with E-state index in [1.165, 1.54) is 0 Å². The zero-order valence-electron chi connectivity index (χ0n) is 6.34. The van der Waals surface area contributed by atoms with Gasteiger partial charge in [-0.15, -0.1) is 0 Å². The van der Waals surface area contributed by atoms with Gasteiger partial charge in [0.25, 0.3) is 0 Å². The van der Waals surface area contributed by atoms with E-state index in [4.69, 9.17) is 0 Å². The van der Waals surface area contributed by atoms with Crippen molar-refractivity contribution in [1.82, 2.24) is 4.98 Å². The van der Waals surface area contributed by atoms with Gasteiger partial charge in [-0.2, -0.15) is 0 Å². The zero-order chi connectivity index (χ0) is 9.68. The van der Waals surface area contributed by atoms with E-state index < -0.39 is 0 Å². The van der Waals surface area contributed by atoms with E-state index in [0.29, 0.717) is 10.3 Å². The summed E-state index contributed by atoms with van der Waals surface area (Å²) in [6.07, 6.45) is 1.62. The Hall–Kier alpha value is -0.860. The zero-order valence-corrected chi connectivity index (χ0v) is 9.52. The first-order chi connectivity index (χ1) is 6.24. The predicted molar refractivity (Wildman–Crippen MR) is 57.3 cm³/mol. The average molecular weight is 304 g/mol. The molecule has 1 aromatic heterocycles. The molecule has 1 N–H and O–H groups in total. The topological polar surface area (TPSA) is 42.0 Å². The summed E-state index contributed by atoms with van der Waals surface area (Å²) < 4.78 is 0.583. The summed E-state index contributed by atoms with van der Waals surface area (Å²) in [5.74, 6) is 1.91. The molecule has 5 heteroatoms. The van der Waals surface area contributed by atoms with Crippen molar-refractivity contribution in [3.8, 4) is 10.8 Å². The van der Waals surface area contributed by atoms with E-state index in [2.05, 4.69) is 52.9 Å². The predicted octanol–water partition coefficient (Wildman–Crippen LogP) is 2.14. The first-order valence-electron chi connectivity index (χ1n) is 3.27. The SMILES string of the molecule is O=C(C#CBr)Nc1cccnc1Br. The van der Waals surface area contributed by atoms with Crippen LogP contribution in [-0.4, -0.2) is 10.9 Å². The number of hydrogen-bond acceptors (Lipinski definition) is 2. The molecule has 0 atom stereocenters. The van der Waals surface area contributed by atoms with E-state index in [1.807, 2.05) is 0 Å². The summed E-state index contributed by atoms with van der Waals surface area (Å²) in [4.78, 5) is 17.3. The number of carbonyl (C=O) groups is 1. The van der Waals surface area contributed by atoms with Crippen LogP contribution >= 0.6 is 31.9 Å². The lowest BCUT2D eigenvalue weighted by Crippen LogP contribution is -2.08. The second-order valence-corrected chi connectivity index (χ2v) is 3.16. The Morgan fingerprint density at radius 3 is 3.00 bits per heavy atom.